The van der Waals surface area contributed by atoms with E-state index in [1.165, 1.54) is 19.0 Å². The number of hydrogen-bond donors (Lipinski definition) is 4. The van der Waals surface area contributed by atoms with Gasteiger partial charge in [-0.2, -0.15) is 0 Å². The monoisotopic (exact) mass is 603 g/mol. The molecule has 5 amide bonds. The number of rotatable bonds is 18. The first-order valence-electron chi connectivity index (χ1n) is 15.1. The minimum atomic E-state index is -0.880. The van der Waals surface area contributed by atoms with Crippen molar-refractivity contribution >= 4 is 29.5 Å². The first kappa shape index (κ1) is 37.6. The van der Waals surface area contributed by atoms with Gasteiger partial charge in [-0.25, -0.2) is 0 Å². The lowest BCUT2D eigenvalue weighted by Crippen LogP contribution is -2.49. The van der Waals surface area contributed by atoms with Gasteiger partial charge in [-0.1, -0.05) is 34.6 Å². The summed E-state index contributed by atoms with van der Waals surface area (Å²) in [4.78, 5) is 64.0. The van der Waals surface area contributed by atoms with Crippen molar-refractivity contribution in [2.75, 3.05) is 46.9 Å². The maximum atomic E-state index is 13.3. The molecule has 0 radical (unpaired) electrons. The summed E-state index contributed by atoms with van der Waals surface area (Å²) in [7, 11) is 2.95. The van der Waals surface area contributed by atoms with Gasteiger partial charge in [0.2, 0.25) is 17.7 Å². The van der Waals surface area contributed by atoms with E-state index in [1.807, 2.05) is 20.8 Å². The molecule has 1 aromatic rings. The summed E-state index contributed by atoms with van der Waals surface area (Å²) in [6.07, 6.45) is 2.47. The summed E-state index contributed by atoms with van der Waals surface area (Å²) >= 11 is 0. The fraction of sp³-hybridized carbons (Fsp3) is 0.656. The molecule has 0 aliphatic rings. The standard InChI is InChI=1S/C32H53N5O6/c1-10-32(7,43-16-13-31(5,6)30(42)37(20-26(38)33-8)21-27(39)34-9)12-15-36-29(41)25-18-23(4)17-24(19-25)28(40)35-14-11-22(2)3/h17-19,22H,10-16,20-21H2,1-9H3,(H,33,38)(H,34,39)(H,35,40)(H,36,41). The van der Waals surface area contributed by atoms with Crippen molar-refractivity contribution in [3.63, 3.8) is 0 Å². The zero-order chi connectivity index (χ0) is 32.8. The number of benzene rings is 1. The lowest BCUT2D eigenvalue weighted by Gasteiger charge is -2.33. The molecule has 0 heterocycles. The smallest absolute Gasteiger partial charge is 0.251 e. The molecule has 1 aromatic carbocycles. The number of carbonyl (C=O) groups excluding carboxylic acids is 5. The minimum Gasteiger partial charge on any atom is -0.375 e. The lowest BCUT2D eigenvalue weighted by molar-refractivity contribution is -0.147. The molecule has 242 valence electrons. The molecule has 0 aliphatic heterocycles. The Morgan fingerprint density at radius 2 is 1.35 bits per heavy atom. The van der Waals surface area contributed by atoms with Gasteiger partial charge in [0.1, 0.15) is 13.1 Å². The predicted molar refractivity (Wildman–Crippen MR) is 168 cm³/mol. The van der Waals surface area contributed by atoms with E-state index in [2.05, 4.69) is 35.1 Å². The third kappa shape index (κ3) is 13.1. The quantitative estimate of drug-likeness (QED) is 0.203. The van der Waals surface area contributed by atoms with Gasteiger partial charge in [-0.15, -0.1) is 0 Å². The van der Waals surface area contributed by atoms with Crippen molar-refractivity contribution < 1.29 is 28.7 Å². The first-order chi connectivity index (χ1) is 20.1. The molecule has 0 saturated carbocycles. The Morgan fingerprint density at radius 3 is 1.81 bits per heavy atom. The van der Waals surface area contributed by atoms with Crippen LogP contribution < -0.4 is 21.3 Å². The van der Waals surface area contributed by atoms with E-state index in [1.54, 1.807) is 32.0 Å². The number of ether oxygens (including phenoxy) is 1. The van der Waals surface area contributed by atoms with Crippen LogP contribution in [0.2, 0.25) is 0 Å². The zero-order valence-electron chi connectivity index (χ0n) is 27.6. The average molecular weight is 604 g/mol. The lowest BCUT2D eigenvalue weighted by atomic mass is 9.87. The highest BCUT2D eigenvalue weighted by molar-refractivity contribution is 6.00. The number of hydrogen-bond acceptors (Lipinski definition) is 6. The van der Waals surface area contributed by atoms with E-state index in [9.17, 15) is 24.0 Å². The van der Waals surface area contributed by atoms with Crippen LogP contribution in [-0.2, 0) is 19.1 Å². The highest BCUT2D eigenvalue weighted by atomic mass is 16.5. The molecular weight excluding hydrogens is 550 g/mol. The third-order valence-corrected chi connectivity index (χ3v) is 7.57. The Kier molecular flexibility index (Phi) is 15.4. The number of amides is 5. The van der Waals surface area contributed by atoms with Crippen molar-refractivity contribution in [3.05, 3.63) is 34.9 Å². The number of likely N-dealkylation sites (N-methyl/N-ethyl adjacent to an activating group) is 2. The fourth-order valence-corrected chi connectivity index (χ4v) is 4.31. The highest BCUT2D eigenvalue weighted by Crippen LogP contribution is 2.27. The predicted octanol–water partition coefficient (Wildman–Crippen LogP) is 2.81. The van der Waals surface area contributed by atoms with Gasteiger partial charge in [0.05, 0.1) is 5.60 Å². The van der Waals surface area contributed by atoms with Gasteiger partial charge in [0, 0.05) is 50.3 Å². The molecule has 1 rings (SSSR count). The van der Waals surface area contributed by atoms with Gasteiger partial charge < -0.3 is 30.9 Å². The van der Waals surface area contributed by atoms with Crippen LogP contribution in [0.3, 0.4) is 0 Å². The van der Waals surface area contributed by atoms with Gasteiger partial charge in [-0.3, -0.25) is 24.0 Å². The highest BCUT2D eigenvalue weighted by Gasteiger charge is 2.34. The molecule has 4 N–H and O–H groups in total. The first-order valence-corrected chi connectivity index (χ1v) is 15.1. The molecule has 0 bridgehead atoms. The van der Waals surface area contributed by atoms with Crippen molar-refractivity contribution in [1.29, 1.82) is 0 Å². The number of nitrogens with zero attached hydrogens (tertiary/aromatic N) is 1. The normalized spacial score (nSPS) is 12.7. The largest absolute Gasteiger partial charge is 0.375 e. The minimum absolute atomic E-state index is 0.197. The van der Waals surface area contributed by atoms with Crippen LogP contribution in [0.15, 0.2) is 18.2 Å². The maximum Gasteiger partial charge on any atom is 0.251 e. The van der Waals surface area contributed by atoms with Crippen LogP contribution in [0.25, 0.3) is 0 Å². The SMILES string of the molecule is CCC(C)(CCNC(=O)c1cc(C)cc(C(=O)NCCC(C)C)c1)OCCC(C)(C)C(=O)N(CC(=O)NC)CC(=O)NC. The average Bonchev–Trinajstić information content (AvgIpc) is 2.95. The van der Waals surface area contributed by atoms with Crippen molar-refractivity contribution in [3.8, 4) is 0 Å². The van der Waals surface area contributed by atoms with E-state index in [4.69, 9.17) is 4.74 Å². The second-order valence-electron chi connectivity index (χ2n) is 12.3. The Morgan fingerprint density at radius 1 is 0.837 bits per heavy atom. The molecule has 0 saturated heterocycles. The van der Waals surface area contributed by atoms with Crippen LogP contribution in [0.5, 0.6) is 0 Å². The molecule has 43 heavy (non-hydrogen) atoms. The van der Waals surface area contributed by atoms with E-state index in [0.717, 1.165) is 12.0 Å². The van der Waals surface area contributed by atoms with Crippen LogP contribution >= 0.6 is 0 Å². The Labute approximate surface area is 257 Å². The van der Waals surface area contributed by atoms with E-state index in [0.29, 0.717) is 49.4 Å². The second-order valence-corrected chi connectivity index (χ2v) is 12.3. The molecule has 0 spiro atoms. The van der Waals surface area contributed by atoms with Gasteiger partial charge in [0.15, 0.2) is 0 Å². The van der Waals surface area contributed by atoms with Gasteiger partial charge in [0.25, 0.3) is 11.8 Å². The molecule has 0 aliphatic carbocycles. The summed E-state index contributed by atoms with van der Waals surface area (Å²) < 4.78 is 6.23. The van der Waals surface area contributed by atoms with Crippen molar-refractivity contribution in [1.82, 2.24) is 26.2 Å². The summed E-state index contributed by atoms with van der Waals surface area (Å²) in [5.41, 5.74) is 0.271. The molecule has 0 fully saturated rings. The van der Waals surface area contributed by atoms with E-state index >= 15 is 0 Å². The topological polar surface area (TPSA) is 146 Å². The zero-order valence-corrected chi connectivity index (χ0v) is 27.6. The maximum absolute atomic E-state index is 13.3. The molecule has 11 heteroatoms. The van der Waals surface area contributed by atoms with Gasteiger partial charge in [-0.05, 0) is 69.2 Å². The second kappa shape index (κ2) is 17.6. The van der Waals surface area contributed by atoms with Crippen LogP contribution in [0.1, 0.15) is 93.5 Å². The number of nitrogens with one attached hydrogen (secondary N) is 4. The summed E-state index contributed by atoms with van der Waals surface area (Å²) in [5.74, 6) is -1.03. The number of carbonyl (C=O) groups is 5. The third-order valence-electron chi connectivity index (χ3n) is 7.57. The van der Waals surface area contributed by atoms with Crippen LogP contribution in [-0.4, -0.2) is 86.9 Å². The molecular formula is C32H53N5O6. The van der Waals surface area contributed by atoms with Crippen molar-refractivity contribution in [2.45, 2.75) is 79.8 Å². The molecule has 0 aromatic heterocycles. The van der Waals surface area contributed by atoms with E-state index in [-0.39, 0.29) is 49.2 Å². The van der Waals surface area contributed by atoms with E-state index < -0.39 is 11.0 Å². The number of aryl methyl sites for hydroxylation is 1. The van der Waals surface area contributed by atoms with Crippen LogP contribution in [0.4, 0.5) is 0 Å². The fourth-order valence-electron chi connectivity index (χ4n) is 4.31. The Balaban J connectivity index is 2.74. The molecule has 11 nitrogen and oxygen atoms in total. The summed E-state index contributed by atoms with van der Waals surface area (Å²) in [6, 6.07) is 5.14. The van der Waals surface area contributed by atoms with Crippen LogP contribution in [0, 0.1) is 18.3 Å². The molecule has 1 unspecified atom stereocenters. The Bertz CT molecular complexity index is 1100. The van der Waals surface area contributed by atoms with Crippen molar-refractivity contribution in [2.24, 2.45) is 11.3 Å². The van der Waals surface area contributed by atoms with Gasteiger partial charge >= 0.3 is 0 Å². The summed E-state index contributed by atoms with van der Waals surface area (Å²) in [5, 5.41) is 10.8. The summed E-state index contributed by atoms with van der Waals surface area (Å²) in [6.45, 7) is 14.3. The Hall–Kier alpha value is -3.47. The molecule has 1 atom stereocenters.